The molecule has 0 radical (unpaired) electrons. The van der Waals surface area contributed by atoms with E-state index < -0.39 is 33.8 Å². The van der Waals surface area contributed by atoms with Gasteiger partial charge in [0.25, 0.3) is 5.91 Å². The lowest BCUT2D eigenvalue weighted by molar-refractivity contribution is -0.137. The van der Waals surface area contributed by atoms with Crippen molar-refractivity contribution in [1.82, 2.24) is 0 Å². The molecule has 11 heteroatoms. The van der Waals surface area contributed by atoms with Crippen molar-refractivity contribution in [3.8, 4) is 5.75 Å². The number of sulfonamides is 1. The van der Waals surface area contributed by atoms with Crippen molar-refractivity contribution in [2.75, 3.05) is 22.4 Å². The summed E-state index contributed by atoms with van der Waals surface area (Å²) >= 11 is 5.96. The van der Waals surface area contributed by atoms with E-state index in [9.17, 15) is 26.4 Å². The highest BCUT2D eigenvalue weighted by atomic mass is 35.5. The van der Waals surface area contributed by atoms with E-state index in [0.29, 0.717) is 5.02 Å². The lowest BCUT2D eigenvalue weighted by Crippen LogP contribution is -2.36. The minimum Gasteiger partial charge on any atom is -0.478 e. The second-order valence-electron chi connectivity index (χ2n) is 6.41. The Hall–Kier alpha value is -2.46. The third-order valence-electron chi connectivity index (χ3n) is 4.23. The van der Waals surface area contributed by atoms with E-state index in [2.05, 4.69) is 5.32 Å². The van der Waals surface area contributed by atoms with Gasteiger partial charge in [0.1, 0.15) is 5.75 Å². The lowest BCUT2D eigenvalue weighted by Gasteiger charge is -2.21. The number of ether oxygens (including phenoxy) is 1. The summed E-state index contributed by atoms with van der Waals surface area (Å²) in [6.45, 7) is -0.0305. The zero-order valence-electron chi connectivity index (χ0n) is 15.0. The van der Waals surface area contributed by atoms with Gasteiger partial charge in [-0.25, -0.2) is 8.42 Å². The standard InChI is InChI=1S/C18H16ClF3N2O4S/c1-29(26,27)24-9-8-16(28-15-7-4-12(19)10-14(15)24)17(25)23-13-5-2-11(3-6-13)18(20,21)22/h2-7,10,16H,8-9H2,1H3,(H,23,25). The van der Waals surface area contributed by atoms with E-state index >= 15 is 0 Å². The van der Waals surface area contributed by atoms with Crippen molar-refractivity contribution in [1.29, 1.82) is 0 Å². The molecule has 0 bridgehead atoms. The quantitative estimate of drug-likeness (QED) is 0.772. The van der Waals surface area contributed by atoms with Crippen molar-refractivity contribution in [2.45, 2.75) is 18.7 Å². The molecule has 1 unspecified atom stereocenters. The summed E-state index contributed by atoms with van der Waals surface area (Å²) in [4.78, 5) is 12.6. The molecule has 0 saturated heterocycles. The smallest absolute Gasteiger partial charge is 0.416 e. The number of hydrogen-bond acceptors (Lipinski definition) is 4. The fourth-order valence-corrected chi connectivity index (χ4v) is 3.95. The molecule has 1 heterocycles. The molecular weight excluding hydrogens is 433 g/mol. The molecule has 156 valence electrons. The summed E-state index contributed by atoms with van der Waals surface area (Å²) in [5.41, 5.74) is -0.465. The number of nitrogens with one attached hydrogen (secondary N) is 1. The van der Waals surface area contributed by atoms with Gasteiger partial charge in [0.15, 0.2) is 6.10 Å². The van der Waals surface area contributed by atoms with Crippen molar-refractivity contribution in [3.63, 3.8) is 0 Å². The number of carbonyl (C=O) groups excluding carboxylic acids is 1. The van der Waals surface area contributed by atoms with E-state index in [0.717, 1.165) is 34.8 Å². The summed E-state index contributed by atoms with van der Waals surface area (Å²) in [7, 11) is -3.65. The van der Waals surface area contributed by atoms with Crippen LogP contribution in [0.3, 0.4) is 0 Å². The van der Waals surface area contributed by atoms with Gasteiger partial charge >= 0.3 is 6.18 Å². The minimum absolute atomic E-state index is 0.0305. The summed E-state index contributed by atoms with van der Waals surface area (Å²) in [5.74, 6) is -0.453. The topological polar surface area (TPSA) is 75.7 Å². The van der Waals surface area contributed by atoms with Crippen LogP contribution in [0.5, 0.6) is 5.75 Å². The lowest BCUT2D eigenvalue weighted by atomic mass is 10.2. The van der Waals surface area contributed by atoms with Crippen LogP contribution in [-0.4, -0.2) is 33.2 Å². The number of hydrogen-bond donors (Lipinski definition) is 1. The normalized spacial score (nSPS) is 17.1. The molecule has 2 aromatic rings. The molecule has 0 fully saturated rings. The van der Waals surface area contributed by atoms with E-state index in [1.807, 2.05) is 0 Å². The maximum absolute atomic E-state index is 12.6. The van der Waals surface area contributed by atoms with Crippen LogP contribution >= 0.6 is 11.6 Å². The van der Waals surface area contributed by atoms with Crippen LogP contribution in [0.4, 0.5) is 24.5 Å². The monoisotopic (exact) mass is 448 g/mol. The number of amides is 1. The van der Waals surface area contributed by atoms with Crippen LogP contribution in [0.15, 0.2) is 42.5 Å². The van der Waals surface area contributed by atoms with E-state index in [4.69, 9.17) is 16.3 Å². The Balaban J connectivity index is 1.81. The maximum Gasteiger partial charge on any atom is 0.416 e. The summed E-state index contributed by atoms with van der Waals surface area (Å²) in [6.07, 6.45) is -4.47. The van der Waals surface area contributed by atoms with Crippen LogP contribution < -0.4 is 14.4 Å². The van der Waals surface area contributed by atoms with Crippen molar-refractivity contribution in [3.05, 3.63) is 53.1 Å². The van der Waals surface area contributed by atoms with Crippen molar-refractivity contribution in [2.24, 2.45) is 0 Å². The highest BCUT2D eigenvalue weighted by Crippen LogP contribution is 2.36. The Morgan fingerprint density at radius 3 is 2.45 bits per heavy atom. The number of nitrogens with zero attached hydrogens (tertiary/aromatic N) is 1. The third-order valence-corrected chi connectivity index (χ3v) is 5.64. The Morgan fingerprint density at radius 1 is 1.21 bits per heavy atom. The Morgan fingerprint density at radius 2 is 1.86 bits per heavy atom. The molecule has 0 aliphatic carbocycles. The van der Waals surface area contributed by atoms with E-state index in [1.54, 1.807) is 0 Å². The number of fused-ring (bicyclic) bond motifs is 1. The number of benzene rings is 2. The van der Waals surface area contributed by atoms with Crippen LogP contribution in [0.1, 0.15) is 12.0 Å². The first-order valence-electron chi connectivity index (χ1n) is 8.37. The molecule has 1 atom stereocenters. The number of anilines is 2. The third kappa shape index (κ3) is 4.94. The molecule has 1 amide bonds. The molecule has 1 aliphatic heterocycles. The van der Waals surface area contributed by atoms with Crippen LogP contribution in [-0.2, 0) is 21.0 Å². The predicted molar refractivity (Wildman–Crippen MR) is 103 cm³/mol. The SMILES string of the molecule is CS(=O)(=O)N1CCC(C(=O)Nc2ccc(C(F)(F)F)cc2)Oc2ccc(Cl)cc21. The predicted octanol–water partition coefficient (Wildman–Crippen LogP) is 3.91. The van der Waals surface area contributed by atoms with Crippen LogP contribution in [0.25, 0.3) is 0 Å². The van der Waals surface area contributed by atoms with Gasteiger partial charge in [-0.1, -0.05) is 11.6 Å². The molecule has 29 heavy (non-hydrogen) atoms. The number of alkyl halides is 3. The first-order valence-corrected chi connectivity index (χ1v) is 10.6. The van der Waals surface area contributed by atoms with Crippen molar-refractivity contribution < 1.29 is 31.1 Å². The average molecular weight is 449 g/mol. The molecule has 0 aromatic heterocycles. The second-order valence-corrected chi connectivity index (χ2v) is 8.75. The molecule has 0 spiro atoms. The summed E-state index contributed by atoms with van der Waals surface area (Å²) in [6, 6.07) is 8.35. The van der Waals surface area contributed by atoms with Gasteiger partial charge < -0.3 is 10.1 Å². The van der Waals surface area contributed by atoms with E-state index in [-0.39, 0.29) is 30.1 Å². The Labute approximate surface area is 170 Å². The molecule has 3 rings (SSSR count). The van der Waals surface area contributed by atoms with Crippen molar-refractivity contribution >= 4 is 38.9 Å². The summed E-state index contributed by atoms with van der Waals surface area (Å²) in [5, 5.41) is 2.79. The van der Waals surface area contributed by atoms with Gasteiger partial charge in [-0.15, -0.1) is 0 Å². The zero-order valence-corrected chi connectivity index (χ0v) is 16.6. The Kier molecular flexibility index (Phi) is 5.68. The molecule has 6 nitrogen and oxygen atoms in total. The molecule has 2 aromatic carbocycles. The minimum atomic E-state index is -4.48. The fourth-order valence-electron chi connectivity index (χ4n) is 2.85. The van der Waals surface area contributed by atoms with Crippen LogP contribution in [0, 0.1) is 0 Å². The molecule has 0 saturated carbocycles. The molecule has 1 N–H and O–H groups in total. The Bertz CT molecular complexity index is 1030. The van der Waals surface area contributed by atoms with Gasteiger partial charge in [-0.05, 0) is 42.5 Å². The fraction of sp³-hybridized carbons (Fsp3) is 0.278. The number of carbonyl (C=O) groups is 1. The van der Waals surface area contributed by atoms with E-state index in [1.165, 1.54) is 18.2 Å². The highest BCUT2D eigenvalue weighted by molar-refractivity contribution is 7.92. The average Bonchev–Trinajstić information content (AvgIpc) is 2.80. The van der Waals surface area contributed by atoms with Crippen LogP contribution in [0.2, 0.25) is 5.02 Å². The molecular formula is C18H16ClF3N2O4S. The zero-order chi connectivity index (χ0) is 21.4. The first-order chi connectivity index (χ1) is 13.4. The van der Waals surface area contributed by atoms with Gasteiger partial charge in [-0.2, -0.15) is 13.2 Å². The maximum atomic E-state index is 12.6. The largest absolute Gasteiger partial charge is 0.478 e. The number of halogens is 4. The number of rotatable bonds is 3. The summed E-state index contributed by atoms with van der Waals surface area (Å²) < 4.78 is 69.0. The first kappa shape index (κ1) is 21.3. The van der Waals surface area contributed by atoms with Gasteiger partial charge in [-0.3, -0.25) is 9.10 Å². The highest BCUT2D eigenvalue weighted by Gasteiger charge is 2.32. The molecule has 1 aliphatic rings. The van der Waals surface area contributed by atoms with Gasteiger partial charge in [0.2, 0.25) is 10.0 Å². The second kappa shape index (κ2) is 7.75. The van der Waals surface area contributed by atoms with Gasteiger partial charge in [0, 0.05) is 23.7 Å². The van der Waals surface area contributed by atoms with Gasteiger partial charge in [0.05, 0.1) is 17.5 Å².